The number of benzene rings is 2. The van der Waals surface area contributed by atoms with E-state index in [0.29, 0.717) is 22.4 Å². The minimum absolute atomic E-state index is 0.303. The zero-order valence-corrected chi connectivity index (χ0v) is 19.5. The predicted molar refractivity (Wildman–Crippen MR) is 122 cm³/mol. The highest BCUT2D eigenvalue weighted by Gasteiger charge is 2.55. The Morgan fingerprint density at radius 1 is 1.03 bits per heavy atom. The van der Waals surface area contributed by atoms with Crippen LogP contribution >= 0.6 is 27.5 Å². The fourth-order valence-electron chi connectivity index (χ4n) is 3.87. The van der Waals surface area contributed by atoms with Crippen LogP contribution in [-0.2, 0) is 5.54 Å². The molecule has 158 valence electrons. The molecule has 0 radical (unpaired) electrons. The molecule has 0 aliphatic carbocycles. The summed E-state index contributed by atoms with van der Waals surface area (Å²) in [4.78, 5) is 14.1. The van der Waals surface area contributed by atoms with Gasteiger partial charge in [0.1, 0.15) is 11.3 Å². The third kappa shape index (κ3) is 3.82. The fourth-order valence-corrected chi connectivity index (χ4v) is 4.26. The molecule has 1 unspecified atom stereocenters. The first-order valence-corrected chi connectivity index (χ1v) is 10.5. The van der Waals surface area contributed by atoms with Crippen LogP contribution in [0.5, 0.6) is 5.95 Å². The molecule has 30 heavy (non-hydrogen) atoms. The van der Waals surface area contributed by atoms with Gasteiger partial charge in [0.2, 0.25) is 0 Å². The number of hydrogen-bond acceptors (Lipinski definition) is 3. The Morgan fingerprint density at radius 2 is 1.63 bits per heavy atom. The highest BCUT2D eigenvalue weighted by molar-refractivity contribution is 9.10. The van der Waals surface area contributed by atoms with Crippen LogP contribution < -0.4 is 9.64 Å². The van der Waals surface area contributed by atoms with Crippen LogP contribution in [0, 0.1) is 5.41 Å². The van der Waals surface area contributed by atoms with Gasteiger partial charge >= 0.3 is 6.09 Å². The van der Waals surface area contributed by atoms with Crippen LogP contribution in [0.3, 0.4) is 0 Å². The fraction of sp³-hybridized carbons (Fsp3) is 0.261. The third-order valence-corrected chi connectivity index (χ3v) is 5.88. The maximum Gasteiger partial charge on any atom is 0.413 e. The molecule has 0 aliphatic rings. The molecule has 0 saturated heterocycles. The molecule has 0 fully saturated rings. The molecule has 7 heteroatoms. The van der Waals surface area contributed by atoms with Gasteiger partial charge < -0.3 is 14.3 Å². The topological polar surface area (TPSA) is 62.9 Å². The highest BCUT2D eigenvalue weighted by atomic mass is 79.9. The van der Waals surface area contributed by atoms with Gasteiger partial charge in [0, 0.05) is 21.2 Å². The third-order valence-electron chi connectivity index (χ3n) is 5.10. The first-order chi connectivity index (χ1) is 14.1. The lowest BCUT2D eigenvalue weighted by Crippen LogP contribution is -2.57. The van der Waals surface area contributed by atoms with E-state index < -0.39 is 17.0 Å². The largest absolute Gasteiger partial charge is 0.468 e. The summed E-state index contributed by atoms with van der Waals surface area (Å²) in [5.41, 5.74) is -0.598. The second-order valence-corrected chi connectivity index (χ2v) is 9.24. The van der Waals surface area contributed by atoms with E-state index in [0.717, 1.165) is 10.0 Å². The number of methoxy groups -OCH3 is 1. The normalized spacial score (nSPS) is 13.5. The summed E-state index contributed by atoms with van der Waals surface area (Å²) in [7, 11) is 1.51. The smallest absolute Gasteiger partial charge is 0.413 e. The summed E-state index contributed by atoms with van der Waals surface area (Å²) in [6.45, 7) is 5.95. The van der Waals surface area contributed by atoms with Crippen molar-refractivity contribution < 1.29 is 19.1 Å². The number of carboxylic acid groups (broad SMARTS) is 1. The monoisotopic (exact) mass is 491 g/mol. The SMILES string of the molecule is COc1ccc(C(c2ccc(Br)cc2)(N(C(=O)O)c2ccc(Cl)cc2)C(C)(C)C)o1. The van der Waals surface area contributed by atoms with Gasteiger partial charge in [0.05, 0.1) is 7.11 Å². The average molecular weight is 493 g/mol. The molecule has 3 rings (SSSR count). The van der Waals surface area contributed by atoms with Gasteiger partial charge in [0.15, 0.2) is 0 Å². The van der Waals surface area contributed by atoms with E-state index in [1.807, 2.05) is 45.0 Å². The molecule has 5 nitrogen and oxygen atoms in total. The Kier molecular flexibility index (Phi) is 6.20. The Balaban J connectivity index is 2.43. The lowest BCUT2D eigenvalue weighted by Gasteiger charge is -2.49. The van der Waals surface area contributed by atoms with Crippen LogP contribution in [0.15, 0.2) is 69.6 Å². The van der Waals surface area contributed by atoms with E-state index in [-0.39, 0.29) is 0 Å². The maximum absolute atomic E-state index is 12.8. The standard InChI is InChI=1S/C23H23BrClNO4/c1-22(2,3)23(15-5-7-16(24)8-6-15,19-13-14-20(29-4)30-19)26(21(27)28)18-11-9-17(25)10-12-18/h5-14H,1-4H3,(H,27,28). The molecule has 0 spiro atoms. The summed E-state index contributed by atoms with van der Waals surface area (Å²) in [6.07, 6.45) is -1.12. The summed E-state index contributed by atoms with van der Waals surface area (Å²) >= 11 is 9.53. The van der Waals surface area contributed by atoms with E-state index in [1.165, 1.54) is 12.0 Å². The summed E-state index contributed by atoms with van der Waals surface area (Å²) in [6, 6.07) is 17.7. The van der Waals surface area contributed by atoms with Crippen molar-refractivity contribution in [1.29, 1.82) is 0 Å². The van der Waals surface area contributed by atoms with Gasteiger partial charge in [-0.2, -0.15) is 0 Å². The number of hydrogen-bond donors (Lipinski definition) is 1. The molecule has 1 atom stereocenters. The van der Waals surface area contributed by atoms with Crippen molar-refractivity contribution in [1.82, 2.24) is 0 Å². The number of carbonyl (C=O) groups is 1. The minimum atomic E-state index is -1.20. The van der Waals surface area contributed by atoms with Gasteiger partial charge in [-0.25, -0.2) is 4.79 Å². The van der Waals surface area contributed by atoms with Gasteiger partial charge in [-0.15, -0.1) is 0 Å². The maximum atomic E-state index is 12.8. The number of nitrogens with zero attached hydrogens (tertiary/aromatic N) is 1. The number of ether oxygens (including phenoxy) is 1. The molecular weight excluding hydrogens is 470 g/mol. The Bertz CT molecular complexity index is 1020. The molecule has 0 aliphatic heterocycles. The van der Waals surface area contributed by atoms with Crippen molar-refractivity contribution >= 4 is 39.3 Å². The number of rotatable bonds is 5. The number of anilines is 1. The number of furan rings is 1. The second kappa shape index (κ2) is 8.36. The van der Waals surface area contributed by atoms with Crippen molar-refractivity contribution in [2.75, 3.05) is 12.0 Å². The van der Waals surface area contributed by atoms with Crippen molar-refractivity contribution in [3.05, 3.63) is 81.5 Å². The summed E-state index contributed by atoms with van der Waals surface area (Å²) in [5, 5.41) is 11.0. The summed E-state index contributed by atoms with van der Waals surface area (Å²) < 4.78 is 12.2. The minimum Gasteiger partial charge on any atom is -0.468 e. The van der Waals surface area contributed by atoms with Crippen molar-refractivity contribution in [2.24, 2.45) is 5.41 Å². The van der Waals surface area contributed by atoms with E-state index in [1.54, 1.807) is 36.4 Å². The zero-order chi connectivity index (χ0) is 22.1. The molecule has 1 amide bonds. The van der Waals surface area contributed by atoms with E-state index >= 15 is 0 Å². The first kappa shape index (κ1) is 22.2. The molecular formula is C23H23BrClNO4. The molecule has 3 aromatic rings. The Labute approximate surface area is 189 Å². The van der Waals surface area contributed by atoms with Crippen LogP contribution in [-0.4, -0.2) is 18.3 Å². The molecule has 2 aromatic carbocycles. The predicted octanol–water partition coefficient (Wildman–Crippen LogP) is 7.18. The van der Waals surface area contributed by atoms with Gasteiger partial charge in [-0.3, -0.25) is 4.90 Å². The van der Waals surface area contributed by atoms with E-state index in [4.69, 9.17) is 20.8 Å². The van der Waals surface area contributed by atoms with Crippen molar-refractivity contribution in [3.8, 4) is 5.95 Å². The Hall–Kier alpha value is -2.44. The molecule has 1 aromatic heterocycles. The van der Waals surface area contributed by atoms with Gasteiger partial charge in [-0.05, 0) is 53.4 Å². The van der Waals surface area contributed by atoms with Crippen molar-refractivity contribution in [3.63, 3.8) is 0 Å². The van der Waals surface area contributed by atoms with E-state index in [9.17, 15) is 9.90 Å². The second-order valence-electron chi connectivity index (χ2n) is 7.88. The average Bonchev–Trinajstić information content (AvgIpc) is 3.16. The molecule has 1 N–H and O–H groups in total. The summed E-state index contributed by atoms with van der Waals surface area (Å²) in [5.74, 6) is 0.753. The van der Waals surface area contributed by atoms with Crippen molar-refractivity contribution in [2.45, 2.75) is 26.3 Å². The van der Waals surface area contributed by atoms with Crippen LogP contribution in [0.2, 0.25) is 5.02 Å². The quantitative estimate of drug-likeness (QED) is 0.410. The zero-order valence-electron chi connectivity index (χ0n) is 17.1. The lowest BCUT2D eigenvalue weighted by atomic mass is 9.66. The highest BCUT2D eigenvalue weighted by Crippen LogP contribution is 2.52. The van der Waals surface area contributed by atoms with Crippen LogP contribution in [0.1, 0.15) is 32.1 Å². The molecule has 0 saturated carbocycles. The lowest BCUT2D eigenvalue weighted by molar-refractivity contribution is 0.148. The number of amides is 1. The van der Waals surface area contributed by atoms with Gasteiger partial charge in [-0.1, -0.05) is 60.4 Å². The first-order valence-electron chi connectivity index (χ1n) is 9.30. The van der Waals surface area contributed by atoms with Gasteiger partial charge in [0.25, 0.3) is 5.95 Å². The Morgan fingerprint density at radius 3 is 2.10 bits per heavy atom. The molecule has 1 heterocycles. The van der Waals surface area contributed by atoms with E-state index in [2.05, 4.69) is 15.9 Å². The van der Waals surface area contributed by atoms with Crippen LogP contribution in [0.4, 0.5) is 10.5 Å². The van der Waals surface area contributed by atoms with Crippen LogP contribution in [0.25, 0.3) is 0 Å². The number of halogens is 2. The molecule has 0 bridgehead atoms.